The minimum atomic E-state index is -0.554. The lowest BCUT2D eigenvalue weighted by Crippen LogP contribution is -2.41. The van der Waals surface area contributed by atoms with Crippen LogP contribution < -0.4 is 11.6 Å². The van der Waals surface area contributed by atoms with Crippen LogP contribution in [0.2, 0.25) is 0 Å². The maximum absolute atomic E-state index is 13.1. The van der Waals surface area contributed by atoms with Crippen LogP contribution in [0.5, 0.6) is 0 Å². The van der Waals surface area contributed by atoms with Crippen molar-refractivity contribution in [3.63, 3.8) is 0 Å². The normalized spacial score (nSPS) is 16.3. The molecule has 2 aliphatic rings. The summed E-state index contributed by atoms with van der Waals surface area (Å²) >= 11 is 0. The van der Waals surface area contributed by atoms with Crippen molar-refractivity contribution in [1.29, 1.82) is 0 Å². The smallest absolute Gasteiger partial charge is 0.269 e. The number of amides is 3. The molecule has 0 atom stereocenters. The lowest BCUT2D eigenvalue weighted by atomic mass is 10.00. The van der Waals surface area contributed by atoms with Crippen LogP contribution in [0.15, 0.2) is 41.5 Å². The van der Waals surface area contributed by atoms with Gasteiger partial charge in [0.1, 0.15) is 5.82 Å². The molecular weight excluding hydrogens is 339 g/mol. The minimum absolute atomic E-state index is 0.000916. The average molecular weight is 358 g/mol. The van der Waals surface area contributed by atoms with Crippen molar-refractivity contribution in [3.8, 4) is 0 Å². The predicted octanol–water partition coefficient (Wildman–Crippen LogP) is 1.13. The third-order valence-electron chi connectivity index (χ3n) is 4.44. The van der Waals surface area contributed by atoms with Crippen molar-refractivity contribution in [3.05, 3.63) is 52.9 Å². The largest absolute Gasteiger partial charge is 0.398 e. The second-order valence-electron chi connectivity index (χ2n) is 6.18. The van der Waals surface area contributed by atoms with Crippen LogP contribution in [0.4, 0.5) is 10.1 Å². The monoisotopic (exact) mass is 358 g/mol. The molecular formula is C18H19FN4O3. The Labute approximate surface area is 149 Å². The van der Waals surface area contributed by atoms with Gasteiger partial charge in [-0.25, -0.2) is 10.2 Å². The number of nitrogens with two attached hydrogens (primary N) is 2. The van der Waals surface area contributed by atoms with Gasteiger partial charge >= 0.3 is 0 Å². The van der Waals surface area contributed by atoms with Crippen molar-refractivity contribution < 1.29 is 18.8 Å². The molecule has 1 aromatic rings. The molecule has 4 N–H and O–H groups in total. The van der Waals surface area contributed by atoms with Gasteiger partial charge in [-0.15, -0.1) is 0 Å². The number of rotatable bonds is 5. The average Bonchev–Trinajstić information content (AvgIpc) is 2.86. The topological polar surface area (TPSA) is 110 Å². The van der Waals surface area contributed by atoms with E-state index in [1.165, 1.54) is 11.0 Å². The third kappa shape index (κ3) is 3.23. The molecule has 1 aliphatic carbocycles. The molecule has 1 heterocycles. The van der Waals surface area contributed by atoms with E-state index in [4.69, 9.17) is 11.6 Å². The van der Waals surface area contributed by atoms with E-state index in [0.717, 1.165) is 23.6 Å². The second kappa shape index (κ2) is 7.09. The number of nitrogen functional groups attached to an aromatic ring is 1. The van der Waals surface area contributed by atoms with E-state index in [0.29, 0.717) is 24.0 Å². The molecule has 8 heteroatoms. The number of benzene rings is 1. The molecule has 3 rings (SSSR count). The summed E-state index contributed by atoms with van der Waals surface area (Å²) in [5.41, 5.74) is 6.75. The van der Waals surface area contributed by atoms with E-state index < -0.39 is 11.7 Å². The van der Waals surface area contributed by atoms with Gasteiger partial charge in [0.15, 0.2) is 0 Å². The SMILES string of the molecule is Nc1cc(F)ccc1C(=O)N(N)CCCN1C(=O)C2=C(CCC=C2)C1=O. The zero-order valence-electron chi connectivity index (χ0n) is 14.1. The van der Waals surface area contributed by atoms with Crippen molar-refractivity contribution in [2.75, 3.05) is 18.8 Å². The lowest BCUT2D eigenvalue weighted by Gasteiger charge is -2.20. The molecule has 0 radical (unpaired) electrons. The van der Waals surface area contributed by atoms with Crippen LogP contribution in [-0.4, -0.2) is 40.7 Å². The van der Waals surface area contributed by atoms with Gasteiger partial charge in [-0.2, -0.15) is 0 Å². The van der Waals surface area contributed by atoms with Crippen LogP contribution >= 0.6 is 0 Å². The zero-order chi connectivity index (χ0) is 18.8. The molecule has 0 aromatic heterocycles. The first kappa shape index (κ1) is 17.8. The Bertz CT molecular complexity index is 847. The quantitative estimate of drug-likeness (QED) is 0.270. The van der Waals surface area contributed by atoms with E-state index >= 15 is 0 Å². The molecule has 0 unspecified atom stereocenters. The lowest BCUT2D eigenvalue weighted by molar-refractivity contribution is -0.137. The third-order valence-corrected chi connectivity index (χ3v) is 4.44. The summed E-state index contributed by atoms with van der Waals surface area (Å²) < 4.78 is 13.1. The fourth-order valence-corrected chi connectivity index (χ4v) is 3.07. The first-order valence-corrected chi connectivity index (χ1v) is 8.27. The van der Waals surface area contributed by atoms with E-state index in [1.807, 2.05) is 6.08 Å². The number of nitrogens with zero attached hydrogens (tertiary/aromatic N) is 2. The van der Waals surface area contributed by atoms with Crippen LogP contribution in [0, 0.1) is 5.82 Å². The van der Waals surface area contributed by atoms with E-state index in [-0.39, 0.29) is 36.2 Å². The Morgan fingerprint density at radius 2 is 2.04 bits per heavy atom. The van der Waals surface area contributed by atoms with Crippen molar-refractivity contribution in [1.82, 2.24) is 9.91 Å². The summed E-state index contributed by atoms with van der Waals surface area (Å²) in [6.45, 7) is 0.283. The molecule has 26 heavy (non-hydrogen) atoms. The number of carbonyl (C=O) groups excluding carboxylic acids is 3. The maximum atomic E-state index is 13.1. The summed E-state index contributed by atoms with van der Waals surface area (Å²) in [6, 6.07) is 3.44. The van der Waals surface area contributed by atoms with Crippen molar-refractivity contribution in [2.24, 2.45) is 5.84 Å². The Morgan fingerprint density at radius 3 is 2.73 bits per heavy atom. The van der Waals surface area contributed by atoms with Gasteiger partial charge in [-0.3, -0.25) is 24.3 Å². The fourth-order valence-electron chi connectivity index (χ4n) is 3.07. The Morgan fingerprint density at radius 1 is 1.27 bits per heavy atom. The van der Waals surface area contributed by atoms with Crippen LogP contribution in [0.3, 0.4) is 0 Å². The molecule has 3 amide bonds. The molecule has 1 aromatic carbocycles. The molecule has 7 nitrogen and oxygen atoms in total. The summed E-state index contributed by atoms with van der Waals surface area (Å²) in [7, 11) is 0. The molecule has 1 aliphatic heterocycles. The molecule has 0 saturated heterocycles. The Balaban J connectivity index is 1.56. The zero-order valence-corrected chi connectivity index (χ0v) is 14.1. The first-order chi connectivity index (χ1) is 12.4. The number of hydrogen-bond donors (Lipinski definition) is 2. The first-order valence-electron chi connectivity index (χ1n) is 8.27. The summed E-state index contributed by atoms with van der Waals surface area (Å²) in [5, 5.41) is 0.946. The number of carbonyl (C=O) groups is 3. The number of allylic oxidation sites excluding steroid dienone is 1. The summed E-state index contributed by atoms with van der Waals surface area (Å²) in [4.78, 5) is 38.1. The van der Waals surface area contributed by atoms with E-state index in [9.17, 15) is 18.8 Å². The van der Waals surface area contributed by atoms with Crippen molar-refractivity contribution >= 4 is 23.4 Å². The predicted molar refractivity (Wildman–Crippen MR) is 92.8 cm³/mol. The molecule has 136 valence electrons. The highest BCUT2D eigenvalue weighted by atomic mass is 19.1. The standard InChI is InChI=1S/C18H19FN4O3/c19-11-6-7-14(15(20)10-11)18(26)23(21)9-3-8-22-16(24)12-4-1-2-5-13(12)17(22)25/h1,4,6-7,10H,2-3,5,8-9,20-21H2. The molecule has 0 bridgehead atoms. The fraction of sp³-hybridized carbons (Fsp3) is 0.278. The van der Waals surface area contributed by atoms with E-state index in [1.54, 1.807) is 6.08 Å². The van der Waals surface area contributed by atoms with Gasteiger partial charge in [0.05, 0.1) is 5.56 Å². The van der Waals surface area contributed by atoms with Gasteiger partial charge in [0.25, 0.3) is 17.7 Å². The highest BCUT2D eigenvalue weighted by molar-refractivity contribution is 6.20. The number of hydrazine groups is 1. The van der Waals surface area contributed by atoms with E-state index in [2.05, 4.69) is 0 Å². The van der Waals surface area contributed by atoms with Crippen molar-refractivity contribution in [2.45, 2.75) is 19.3 Å². The highest BCUT2D eigenvalue weighted by Crippen LogP contribution is 2.29. The van der Waals surface area contributed by atoms with Gasteiger partial charge in [-0.1, -0.05) is 12.2 Å². The molecule has 0 fully saturated rings. The Kier molecular flexibility index (Phi) is 4.85. The second-order valence-corrected chi connectivity index (χ2v) is 6.18. The highest BCUT2D eigenvalue weighted by Gasteiger charge is 2.36. The van der Waals surface area contributed by atoms with Crippen LogP contribution in [-0.2, 0) is 9.59 Å². The van der Waals surface area contributed by atoms with Crippen LogP contribution in [0.1, 0.15) is 29.6 Å². The Hall–Kier alpha value is -3.00. The number of halogens is 1. The number of imide groups is 1. The van der Waals surface area contributed by atoms with Gasteiger partial charge in [-0.05, 0) is 37.5 Å². The number of hydrogen-bond acceptors (Lipinski definition) is 5. The van der Waals surface area contributed by atoms with Gasteiger partial charge in [0, 0.05) is 29.9 Å². The molecule has 0 saturated carbocycles. The number of anilines is 1. The van der Waals surface area contributed by atoms with Gasteiger partial charge in [0.2, 0.25) is 0 Å². The minimum Gasteiger partial charge on any atom is -0.398 e. The maximum Gasteiger partial charge on any atom is 0.269 e. The van der Waals surface area contributed by atoms with Crippen LogP contribution in [0.25, 0.3) is 0 Å². The summed E-state index contributed by atoms with van der Waals surface area (Å²) in [6.07, 6.45) is 5.20. The molecule has 0 spiro atoms. The summed E-state index contributed by atoms with van der Waals surface area (Å²) in [5.74, 6) is 4.08. The van der Waals surface area contributed by atoms with Gasteiger partial charge < -0.3 is 5.73 Å².